The van der Waals surface area contributed by atoms with E-state index in [0.29, 0.717) is 12.1 Å². The fraction of sp³-hybridized carbons (Fsp3) is 0.280. The van der Waals surface area contributed by atoms with E-state index >= 15 is 8.78 Å². The van der Waals surface area contributed by atoms with Crippen LogP contribution in [0.5, 0.6) is 0 Å². The standard InChI is InChI=1S/C25H28F2N2O3/c1-14(2)10-11-28-19-8-6-18(7-9-19)22-17(5)23(26)20(16(4)24(22)27)12-15(3)25(32)29-13-21(30)31/h6-10,12,28H,11,13H2,1-5H3,(H,29,32)(H,30,31). The molecule has 0 saturated carbocycles. The zero-order valence-corrected chi connectivity index (χ0v) is 18.9. The van der Waals surface area contributed by atoms with Gasteiger partial charge in [0, 0.05) is 28.9 Å². The van der Waals surface area contributed by atoms with Gasteiger partial charge < -0.3 is 15.7 Å². The molecule has 2 rings (SSSR count). The van der Waals surface area contributed by atoms with Crippen LogP contribution in [0.4, 0.5) is 14.5 Å². The third-order valence-electron chi connectivity index (χ3n) is 5.00. The minimum Gasteiger partial charge on any atom is -0.480 e. The van der Waals surface area contributed by atoms with Gasteiger partial charge in [-0.2, -0.15) is 0 Å². The monoisotopic (exact) mass is 442 g/mol. The minimum atomic E-state index is -1.20. The lowest BCUT2D eigenvalue weighted by Crippen LogP contribution is -2.29. The highest BCUT2D eigenvalue weighted by molar-refractivity contribution is 5.98. The quantitative estimate of drug-likeness (QED) is 0.386. The van der Waals surface area contributed by atoms with Crippen LogP contribution in [0.15, 0.2) is 41.5 Å². The first-order valence-corrected chi connectivity index (χ1v) is 10.2. The van der Waals surface area contributed by atoms with Gasteiger partial charge in [-0.15, -0.1) is 0 Å². The van der Waals surface area contributed by atoms with Crippen molar-refractivity contribution in [2.24, 2.45) is 0 Å². The molecule has 0 heterocycles. The van der Waals surface area contributed by atoms with E-state index in [1.165, 1.54) is 32.4 Å². The van der Waals surface area contributed by atoms with Crippen molar-refractivity contribution < 1.29 is 23.5 Å². The molecule has 170 valence electrons. The summed E-state index contributed by atoms with van der Waals surface area (Å²) in [7, 11) is 0. The van der Waals surface area contributed by atoms with Crippen LogP contribution in [-0.4, -0.2) is 30.1 Å². The Morgan fingerprint density at radius 1 is 1.00 bits per heavy atom. The molecule has 0 aliphatic rings. The molecule has 2 aromatic carbocycles. The summed E-state index contributed by atoms with van der Waals surface area (Å²) in [6, 6.07) is 7.08. The van der Waals surface area contributed by atoms with Crippen LogP contribution < -0.4 is 10.6 Å². The maximum atomic E-state index is 15.3. The Morgan fingerprint density at radius 3 is 2.19 bits per heavy atom. The molecule has 0 bridgehead atoms. The van der Waals surface area contributed by atoms with E-state index in [1.807, 2.05) is 32.1 Å². The second-order valence-electron chi connectivity index (χ2n) is 7.81. The topological polar surface area (TPSA) is 78.4 Å². The van der Waals surface area contributed by atoms with Gasteiger partial charge in [0.25, 0.3) is 0 Å². The number of rotatable bonds is 8. The molecule has 0 aromatic heterocycles. The van der Waals surface area contributed by atoms with Crippen molar-refractivity contribution in [3.8, 4) is 11.1 Å². The molecule has 7 heteroatoms. The van der Waals surface area contributed by atoms with Crippen molar-refractivity contribution in [1.82, 2.24) is 5.32 Å². The second kappa shape index (κ2) is 10.7. The number of nitrogens with one attached hydrogen (secondary N) is 2. The van der Waals surface area contributed by atoms with Gasteiger partial charge in [0.2, 0.25) is 5.91 Å². The Labute approximate surface area is 186 Å². The molecule has 0 aliphatic heterocycles. The first kappa shape index (κ1) is 24.8. The Morgan fingerprint density at radius 2 is 1.62 bits per heavy atom. The minimum absolute atomic E-state index is 0.0354. The molecular formula is C25H28F2N2O3. The van der Waals surface area contributed by atoms with Crippen molar-refractivity contribution in [3.05, 3.63) is 69.8 Å². The van der Waals surface area contributed by atoms with Crippen LogP contribution in [0.2, 0.25) is 0 Å². The molecule has 0 fully saturated rings. The van der Waals surface area contributed by atoms with Crippen molar-refractivity contribution in [3.63, 3.8) is 0 Å². The highest BCUT2D eigenvalue weighted by Gasteiger charge is 2.21. The van der Waals surface area contributed by atoms with Crippen molar-refractivity contribution in [2.75, 3.05) is 18.4 Å². The number of benzene rings is 2. The zero-order valence-electron chi connectivity index (χ0n) is 18.9. The average Bonchev–Trinajstić information content (AvgIpc) is 2.74. The Balaban J connectivity index is 2.38. The van der Waals surface area contributed by atoms with Gasteiger partial charge in [-0.3, -0.25) is 9.59 Å². The van der Waals surface area contributed by atoms with Gasteiger partial charge in [-0.25, -0.2) is 8.78 Å². The van der Waals surface area contributed by atoms with Gasteiger partial charge in [0.1, 0.15) is 18.2 Å². The number of carboxylic acid groups (broad SMARTS) is 1. The van der Waals surface area contributed by atoms with Gasteiger partial charge in [-0.1, -0.05) is 23.8 Å². The summed E-state index contributed by atoms with van der Waals surface area (Å²) < 4.78 is 30.5. The van der Waals surface area contributed by atoms with E-state index in [-0.39, 0.29) is 27.8 Å². The lowest BCUT2D eigenvalue weighted by molar-refractivity contribution is -0.137. The number of anilines is 1. The maximum absolute atomic E-state index is 15.3. The number of halogens is 2. The number of carboxylic acids is 1. The Kier molecular flexibility index (Phi) is 8.29. The molecule has 0 aliphatic carbocycles. The van der Waals surface area contributed by atoms with Crippen LogP contribution in [0.25, 0.3) is 17.2 Å². The summed E-state index contributed by atoms with van der Waals surface area (Å²) in [5.41, 5.74) is 3.01. The second-order valence-corrected chi connectivity index (χ2v) is 7.81. The van der Waals surface area contributed by atoms with Crippen LogP contribution in [0.1, 0.15) is 37.5 Å². The summed E-state index contributed by atoms with van der Waals surface area (Å²) in [4.78, 5) is 22.6. The first-order valence-electron chi connectivity index (χ1n) is 10.2. The van der Waals surface area contributed by atoms with Gasteiger partial charge in [0.05, 0.1) is 0 Å². The van der Waals surface area contributed by atoms with Gasteiger partial charge >= 0.3 is 5.97 Å². The van der Waals surface area contributed by atoms with E-state index < -0.39 is 30.1 Å². The highest BCUT2D eigenvalue weighted by Crippen LogP contribution is 2.34. The predicted octanol–water partition coefficient (Wildman–Crippen LogP) is 5.23. The van der Waals surface area contributed by atoms with Gasteiger partial charge in [-0.05, 0) is 69.5 Å². The summed E-state index contributed by atoms with van der Waals surface area (Å²) >= 11 is 0. The molecule has 0 atom stereocenters. The largest absolute Gasteiger partial charge is 0.480 e. The maximum Gasteiger partial charge on any atom is 0.322 e. The molecule has 0 unspecified atom stereocenters. The molecule has 0 spiro atoms. The molecule has 1 amide bonds. The lowest BCUT2D eigenvalue weighted by atomic mass is 9.92. The molecule has 3 N–H and O–H groups in total. The Hall–Kier alpha value is -3.48. The van der Waals surface area contributed by atoms with Crippen LogP contribution >= 0.6 is 0 Å². The summed E-state index contributed by atoms with van der Waals surface area (Å²) in [5.74, 6) is -3.06. The van der Waals surface area contributed by atoms with Crippen LogP contribution in [-0.2, 0) is 9.59 Å². The summed E-state index contributed by atoms with van der Waals surface area (Å²) in [5, 5.41) is 14.1. The van der Waals surface area contributed by atoms with Crippen molar-refractivity contribution in [1.29, 1.82) is 0 Å². The molecule has 5 nitrogen and oxygen atoms in total. The SMILES string of the molecule is CC(C)=CCNc1ccc(-c2c(C)c(F)c(C=C(C)C(=O)NCC(=O)O)c(C)c2F)cc1. The average molecular weight is 443 g/mol. The van der Waals surface area contributed by atoms with E-state index in [2.05, 4.69) is 10.6 Å². The molecule has 0 radical (unpaired) electrons. The van der Waals surface area contributed by atoms with Gasteiger partial charge in [0.15, 0.2) is 0 Å². The van der Waals surface area contributed by atoms with E-state index in [4.69, 9.17) is 5.11 Å². The van der Waals surface area contributed by atoms with E-state index in [9.17, 15) is 9.59 Å². The summed E-state index contributed by atoms with van der Waals surface area (Å²) in [6.07, 6.45) is 3.28. The molecule has 0 saturated heterocycles. The predicted molar refractivity (Wildman–Crippen MR) is 123 cm³/mol. The fourth-order valence-electron chi connectivity index (χ4n) is 3.17. The number of carbonyl (C=O) groups excluding carboxylic acids is 1. The third kappa shape index (κ3) is 6.03. The van der Waals surface area contributed by atoms with Crippen LogP contribution in [0, 0.1) is 25.5 Å². The number of hydrogen-bond donors (Lipinski definition) is 3. The molecule has 2 aromatic rings. The number of allylic oxidation sites excluding steroid dienone is 1. The fourth-order valence-corrected chi connectivity index (χ4v) is 3.17. The lowest BCUT2D eigenvalue weighted by Gasteiger charge is -2.16. The molecular weight excluding hydrogens is 414 g/mol. The smallest absolute Gasteiger partial charge is 0.322 e. The van der Waals surface area contributed by atoms with Crippen molar-refractivity contribution >= 4 is 23.6 Å². The summed E-state index contributed by atoms with van der Waals surface area (Å²) in [6.45, 7) is 8.49. The van der Waals surface area contributed by atoms with Crippen molar-refractivity contribution in [2.45, 2.75) is 34.6 Å². The highest BCUT2D eigenvalue weighted by atomic mass is 19.1. The number of amides is 1. The zero-order chi connectivity index (χ0) is 24.0. The number of aliphatic carboxylic acids is 1. The normalized spacial score (nSPS) is 11.2. The van der Waals surface area contributed by atoms with Crippen LogP contribution in [0.3, 0.4) is 0 Å². The van der Waals surface area contributed by atoms with E-state index in [1.54, 1.807) is 12.1 Å². The first-order chi connectivity index (χ1) is 15.0. The Bertz CT molecular complexity index is 1050. The number of hydrogen-bond acceptors (Lipinski definition) is 3. The van der Waals surface area contributed by atoms with E-state index in [0.717, 1.165) is 5.69 Å². The molecule has 32 heavy (non-hydrogen) atoms. The third-order valence-corrected chi connectivity index (χ3v) is 5.00. The number of carbonyl (C=O) groups is 2.